The number of carbonyl (C=O) groups excluding carboxylic acids is 1. The van der Waals surface area contributed by atoms with Crippen molar-refractivity contribution in [2.24, 2.45) is 0 Å². The molecule has 0 heterocycles. The highest BCUT2D eigenvalue weighted by molar-refractivity contribution is 5.51. The van der Waals surface area contributed by atoms with Gasteiger partial charge in [0.15, 0.2) is 0 Å². The molecule has 5 heteroatoms. The fraction of sp³-hybridized carbons (Fsp3) is 0.125. The van der Waals surface area contributed by atoms with Crippen LogP contribution in [0.2, 0.25) is 0 Å². The highest BCUT2D eigenvalue weighted by atomic mass is 16.6. The normalized spacial score (nSPS) is 9.31. The summed E-state index contributed by atoms with van der Waals surface area (Å²) >= 11 is 0. The van der Waals surface area contributed by atoms with Crippen molar-refractivity contribution in [3.63, 3.8) is 0 Å². The van der Waals surface area contributed by atoms with Gasteiger partial charge in [0.1, 0.15) is 5.75 Å². The minimum Gasteiger partial charge on any atom is -0.428 e. The zero-order valence-corrected chi connectivity index (χ0v) is 6.89. The number of nitrogens with zero attached hydrogens (tertiary/aromatic N) is 1. The molecule has 5 nitrogen and oxygen atoms in total. The van der Waals surface area contributed by atoms with Gasteiger partial charge in [0, 0.05) is 6.07 Å². The number of aryl methyl sites for hydroxylation is 1. The van der Waals surface area contributed by atoms with Gasteiger partial charge in [0.2, 0.25) is 0 Å². The van der Waals surface area contributed by atoms with E-state index in [1.165, 1.54) is 18.2 Å². The zero-order chi connectivity index (χ0) is 9.84. The number of benzene rings is 1. The molecule has 0 fully saturated rings. The lowest BCUT2D eigenvalue weighted by atomic mass is 10.2. The Morgan fingerprint density at radius 3 is 2.77 bits per heavy atom. The fourth-order valence-corrected chi connectivity index (χ4v) is 0.881. The minimum atomic E-state index is -0.545. The van der Waals surface area contributed by atoms with E-state index in [4.69, 9.17) is 0 Å². The Labute approximate surface area is 74.1 Å². The van der Waals surface area contributed by atoms with Crippen molar-refractivity contribution >= 4 is 12.2 Å². The predicted octanol–water partition coefficient (Wildman–Crippen LogP) is 1.44. The second-order valence-electron chi connectivity index (χ2n) is 2.42. The molecule has 1 rings (SSSR count). The molecule has 13 heavy (non-hydrogen) atoms. The summed E-state index contributed by atoms with van der Waals surface area (Å²) in [5.74, 6) is 0.212. The van der Waals surface area contributed by atoms with Crippen molar-refractivity contribution < 1.29 is 14.5 Å². The first-order chi connectivity index (χ1) is 6.15. The van der Waals surface area contributed by atoms with E-state index in [-0.39, 0.29) is 17.9 Å². The van der Waals surface area contributed by atoms with Gasteiger partial charge < -0.3 is 4.74 Å². The molecule has 0 amide bonds. The summed E-state index contributed by atoms with van der Waals surface area (Å²) in [5.41, 5.74) is 0.583. The topological polar surface area (TPSA) is 69.4 Å². The van der Waals surface area contributed by atoms with Crippen LogP contribution in [-0.2, 0) is 4.79 Å². The first kappa shape index (κ1) is 9.18. The lowest BCUT2D eigenvalue weighted by Gasteiger charge is -2.00. The van der Waals surface area contributed by atoms with E-state index in [1.54, 1.807) is 6.92 Å². The summed E-state index contributed by atoms with van der Waals surface area (Å²) in [7, 11) is 0. The van der Waals surface area contributed by atoms with Gasteiger partial charge in [-0.15, -0.1) is 0 Å². The number of rotatable bonds is 3. The Morgan fingerprint density at radius 1 is 1.54 bits per heavy atom. The lowest BCUT2D eigenvalue weighted by Crippen LogP contribution is -1.94. The van der Waals surface area contributed by atoms with E-state index in [2.05, 4.69) is 4.74 Å². The van der Waals surface area contributed by atoms with Crippen LogP contribution in [0.3, 0.4) is 0 Å². The summed E-state index contributed by atoms with van der Waals surface area (Å²) < 4.78 is 4.54. The van der Waals surface area contributed by atoms with Crippen molar-refractivity contribution in [1.82, 2.24) is 0 Å². The van der Waals surface area contributed by atoms with Gasteiger partial charge in [-0.25, -0.2) is 0 Å². The van der Waals surface area contributed by atoms with Gasteiger partial charge in [0.25, 0.3) is 12.2 Å². The van der Waals surface area contributed by atoms with E-state index in [0.29, 0.717) is 5.56 Å². The highest BCUT2D eigenvalue weighted by Gasteiger charge is 2.08. The number of carbonyl (C=O) groups is 1. The van der Waals surface area contributed by atoms with Crippen LogP contribution in [0.4, 0.5) is 5.69 Å². The van der Waals surface area contributed by atoms with Crippen LogP contribution in [0.25, 0.3) is 0 Å². The summed E-state index contributed by atoms with van der Waals surface area (Å²) in [4.78, 5) is 19.8. The molecule has 0 aromatic heterocycles. The highest BCUT2D eigenvalue weighted by Crippen LogP contribution is 2.23. The number of hydrogen-bond donors (Lipinski definition) is 0. The van der Waals surface area contributed by atoms with E-state index < -0.39 is 4.92 Å². The Hall–Kier alpha value is -1.91. The largest absolute Gasteiger partial charge is 0.428 e. The van der Waals surface area contributed by atoms with Crippen molar-refractivity contribution in [2.75, 3.05) is 0 Å². The first-order valence-electron chi connectivity index (χ1n) is 3.50. The molecule has 0 atom stereocenters. The zero-order valence-electron chi connectivity index (χ0n) is 6.89. The van der Waals surface area contributed by atoms with E-state index in [1.807, 2.05) is 0 Å². The summed E-state index contributed by atoms with van der Waals surface area (Å²) in [6, 6.07) is 4.09. The predicted molar refractivity (Wildman–Crippen MR) is 44.5 cm³/mol. The standard InChI is InChI=1S/C8H7NO4/c1-6-2-3-7(9(11)12)4-8(6)13-5-10/h2-5H,1H3. The Morgan fingerprint density at radius 2 is 2.23 bits per heavy atom. The molecule has 0 saturated heterocycles. The molecule has 1 aromatic rings. The smallest absolute Gasteiger partial charge is 0.298 e. The number of hydrogen-bond acceptors (Lipinski definition) is 4. The van der Waals surface area contributed by atoms with Crippen LogP contribution < -0.4 is 4.74 Å². The SMILES string of the molecule is Cc1ccc([N+](=O)[O-])cc1OC=O. The van der Waals surface area contributed by atoms with Gasteiger partial charge in [0.05, 0.1) is 11.0 Å². The molecule has 0 bridgehead atoms. The van der Waals surface area contributed by atoms with E-state index >= 15 is 0 Å². The van der Waals surface area contributed by atoms with Crippen molar-refractivity contribution in [2.45, 2.75) is 6.92 Å². The third-order valence-electron chi connectivity index (χ3n) is 1.56. The van der Waals surface area contributed by atoms with Crippen LogP contribution in [-0.4, -0.2) is 11.4 Å². The van der Waals surface area contributed by atoms with Gasteiger partial charge in [-0.1, -0.05) is 0 Å². The molecule has 0 aliphatic carbocycles. The van der Waals surface area contributed by atoms with E-state index in [0.717, 1.165) is 0 Å². The van der Waals surface area contributed by atoms with Crippen LogP contribution in [0, 0.1) is 17.0 Å². The molecule has 1 aromatic carbocycles. The average molecular weight is 181 g/mol. The van der Waals surface area contributed by atoms with Gasteiger partial charge in [-0.3, -0.25) is 14.9 Å². The Balaban J connectivity index is 3.10. The molecule has 0 saturated carbocycles. The van der Waals surface area contributed by atoms with E-state index in [9.17, 15) is 14.9 Å². The van der Waals surface area contributed by atoms with Crippen LogP contribution in [0.1, 0.15) is 5.56 Å². The maximum atomic E-state index is 10.3. The monoisotopic (exact) mass is 181 g/mol. The second kappa shape index (κ2) is 3.66. The molecular formula is C8H7NO4. The minimum absolute atomic E-state index is 0.0950. The van der Waals surface area contributed by atoms with Crippen LogP contribution in [0.15, 0.2) is 18.2 Å². The number of ether oxygens (including phenoxy) is 1. The number of nitro benzene ring substituents is 1. The van der Waals surface area contributed by atoms with Crippen molar-refractivity contribution in [1.29, 1.82) is 0 Å². The van der Waals surface area contributed by atoms with Crippen molar-refractivity contribution in [3.8, 4) is 5.75 Å². The Bertz CT molecular complexity index is 348. The second-order valence-corrected chi connectivity index (χ2v) is 2.42. The summed E-state index contributed by atoms with van der Waals surface area (Å²) in [5, 5.41) is 10.3. The lowest BCUT2D eigenvalue weighted by molar-refractivity contribution is -0.384. The van der Waals surface area contributed by atoms with Crippen LogP contribution >= 0.6 is 0 Å². The molecular weight excluding hydrogens is 174 g/mol. The van der Waals surface area contributed by atoms with Crippen molar-refractivity contribution in [3.05, 3.63) is 33.9 Å². The maximum Gasteiger partial charge on any atom is 0.298 e. The molecule has 68 valence electrons. The summed E-state index contributed by atoms with van der Waals surface area (Å²) in [6.45, 7) is 1.94. The third-order valence-corrected chi connectivity index (χ3v) is 1.56. The number of nitro groups is 1. The van der Waals surface area contributed by atoms with Gasteiger partial charge >= 0.3 is 0 Å². The Kier molecular flexibility index (Phi) is 2.59. The first-order valence-corrected chi connectivity index (χ1v) is 3.50. The molecule has 0 N–H and O–H groups in total. The molecule has 0 spiro atoms. The molecule has 0 radical (unpaired) electrons. The quantitative estimate of drug-likeness (QED) is 0.402. The molecule has 0 aliphatic rings. The summed E-state index contributed by atoms with van der Waals surface area (Å²) in [6.07, 6.45) is 0. The molecule has 0 unspecified atom stereocenters. The van der Waals surface area contributed by atoms with Gasteiger partial charge in [-0.05, 0) is 18.6 Å². The molecule has 0 aliphatic heterocycles. The number of non-ortho nitro benzene ring substituents is 1. The van der Waals surface area contributed by atoms with Gasteiger partial charge in [-0.2, -0.15) is 0 Å². The van der Waals surface area contributed by atoms with Crippen LogP contribution in [0.5, 0.6) is 5.75 Å². The maximum absolute atomic E-state index is 10.3. The fourth-order valence-electron chi connectivity index (χ4n) is 0.881. The third kappa shape index (κ3) is 2.02. The average Bonchev–Trinajstić information content (AvgIpc) is 2.08.